The van der Waals surface area contributed by atoms with E-state index in [4.69, 9.17) is 5.26 Å². The maximum atomic E-state index is 8.80. The van der Waals surface area contributed by atoms with Crippen LogP contribution in [0, 0.1) is 18.3 Å². The van der Waals surface area contributed by atoms with Crippen LogP contribution in [0.3, 0.4) is 0 Å². The van der Waals surface area contributed by atoms with Gasteiger partial charge < -0.3 is 0 Å². The van der Waals surface area contributed by atoms with E-state index < -0.39 is 0 Å². The number of nitrogens with zero attached hydrogens (tertiary/aromatic N) is 1. The maximum absolute atomic E-state index is 8.80. The van der Waals surface area contributed by atoms with E-state index in [1.165, 1.54) is 16.7 Å². The van der Waals surface area contributed by atoms with Crippen molar-refractivity contribution in [2.75, 3.05) is 0 Å². The summed E-state index contributed by atoms with van der Waals surface area (Å²) in [4.78, 5) is 0. The Hall–Kier alpha value is -2.07. The number of nitriles is 1. The Morgan fingerprint density at radius 1 is 0.944 bits per heavy atom. The largest absolute Gasteiger partial charge is 0.192 e. The summed E-state index contributed by atoms with van der Waals surface area (Å²) < 4.78 is 0. The lowest BCUT2D eigenvalue weighted by Gasteiger charge is -2.12. The highest BCUT2D eigenvalue weighted by atomic mass is 14.2. The Morgan fingerprint density at radius 3 is 2.11 bits per heavy atom. The molecule has 90 valence electrons. The lowest BCUT2D eigenvalue weighted by Crippen LogP contribution is -1.92. The van der Waals surface area contributed by atoms with E-state index in [9.17, 15) is 0 Å². The predicted octanol–water partition coefficient (Wildman–Crippen LogP) is 4.66. The van der Waals surface area contributed by atoms with Crippen LogP contribution in [0.1, 0.15) is 36.5 Å². The van der Waals surface area contributed by atoms with Crippen molar-refractivity contribution in [3.05, 3.63) is 59.2 Å². The molecule has 0 aliphatic heterocycles. The zero-order valence-corrected chi connectivity index (χ0v) is 11.1. The van der Waals surface area contributed by atoms with Crippen molar-refractivity contribution < 1.29 is 0 Å². The summed E-state index contributed by atoms with van der Waals surface area (Å²) in [5, 5.41) is 8.80. The van der Waals surface area contributed by atoms with Crippen molar-refractivity contribution in [3.8, 4) is 17.2 Å². The highest BCUT2D eigenvalue weighted by molar-refractivity contribution is 5.65. The summed E-state index contributed by atoms with van der Waals surface area (Å²) in [6, 6.07) is 16.5. The monoisotopic (exact) mass is 235 g/mol. The highest BCUT2D eigenvalue weighted by Crippen LogP contribution is 2.26. The Labute approximate surface area is 109 Å². The Kier molecular flexibility index (Phi) is 3.48. The third-order valence-electron chi connectivity index (χ3n) is 3.25. The molecular formula is C17H17N. The van der Waals surface area contributed by atoms with Crippen LogP contribution in [0.15, 0.2) is 42.5 Å². The molecule has 0 heterocycles. The van der Waals surface area contributed by atoms with Crippen molar-refractivity contribution in [2.45, 2.75) is 26.7 Å². The SMILES string of the molecule is Cc1ccc(-c2ccc(C#N)cc2)cc1C(C)C. The van der Waals surface area contributed by atoms with Gasteiger partial charge in [-0.3, -0.25) is 0 Å². The van der Waals surface area contributed by atoms with Crippen LogP contribution in [-0.4, -0.2) is 0 Å². The van der Waals surface area contributed by atoms with Crippen LogP contribution < -0.4 is 0 Å². The Morgan fingerprint density at radius 2 is 1.56 bits per heavy atom. The molecule has 2 aromatic carbocycles. The van der Waals surface area contributed by atoms with Gasteiger partial charge in [0.25, 0.3) is 0 Å². The molecule has 0 saturated carbocycles. The second-order valence-electron chi connectivity index (χ2n) is 4.92. The molecule has 0 fully saturated rings. The first kappa shape index (κ1) is 12.4. The molecule has 0 aliphatic carbocycles. The first-order valence-electron chi connectivity index (χ1n) is 6.23. The minimum absolute atomic E-state index is 0.531. The Balaban J connectivity index is 2.44. The van der Waals surface area contributed by atoms with Gasteiger partial charge in [-0.05, 0) is 47.2 Å². The van der Waals surface area contributed by atoms with Crippen LogP contribution in [0.2, 0.25) is 0 Å². The number of hydrogen-bond donors (Lipinski definition) is 0. The summed E-state index contributed by atoms with van der Waals surface area (Å²) in [7, 11) is 0. The summed E-state index contributed by atoms with van der Waals surface area (Å²) in [5.41, 5.74) is 5.80. The summed E-state index contributed by atoms with van der Waals surface area (Å²) >= 11 is 0. The molecule has 2 aromatic rings. The van der Waals surface area contributed by atoms with Crippen molar-refractivity contribution in [1.82, 2.24) is 0 Å². The van der Waals surface area contributed by atoms with Gasteiger partial charge in [0.2, 0.25) is 0 Å². The third-order valence-corrected chi connectivity index (χ3v) is 3.25. The third kappa shape index (κ3) is 2.43. The molecule has 0 aromatic heterocycles. The molecule has 18 heavy (non-hydrogen) atoms. The first-order chi connectivity index (χ1) is 8.61. The average molecular weight is 235 g/mol. The second-order valence-corrected chi connectivity index (χ2v) is 4.92. The molecular weight excluding hydrogens is 218 g/mol. The number of benzene rings is 2. The molecule has 1 heteroatoms. The first-order valence-corrected chi connectivity index (χ1v) is 6.23. The van der Waals surface area contributed by atoms with Gasteiger partial charge in [0.15, 0.2) is 0 Å². The van der Waals surface area contributed by atoms with Gasteiger partial charge in [-0.1, -0.05) is 44.2 Å². The topological polar surface area (TPSA) is 23.8 Å². The highest BCUT2D eigenvalue weighted by Gasteiger charge is 2.06. The van der Waals surface area contributed by atoms with E-state index in [1.807, 2.05) is 24.3 Å². The second kappa shape index (κ2) is 5.06. The lowest BCUT2D eigenvalue weighted by molar-refractivity contribution is 0.857. The number of hydrogen-bond acceptors (Lipinski definition) is 1. The quantitative estimate of drug-likeness (QED) is 0.742. The zero-order chi connectivity index (χ0) is 13.1. The van der Waals surface area contributed by atoms with Crippen LogP contribution in [0.4, 0.5) is 0 Å². The van der Waals surface area contributed by atoms with Crippen molar-refractivity contribution >= 4 is 0 Å². The molecule has 0 unspecified atom stereocenters. The fourth-order valence-corrected chi connectivity index (χ4v) is 2.18. The molecule has 2 rings (SSSR count). The normalized spacial score (nSPS) is 10.4. The summed E-state index contributed by atoms with van der Waals surface area (Å²) in [6.07, 6.45) is 0. The standard InChI is InChI=1S/C17H17N/c1-12(2)17-10-16(7-4-13(17)3)15-8-5-14(11-18)6-9-15/h4-10,12H,1-3H3. The van der Waals surface area contributed by atoms with Crippen LogP contribution in [0.25, 0.3) is 11.1 Å². The van der Waals surface area contributed by atoms with Gasteiger partial charge >= 0.3 is 0 Å². The number of aryl methyl sites for hydroxylation is 1. The predicted molar refractivity (Wildman–Crippen MR) is 75.4 cm³/mol. The van der Waals surface area contributed by atoms with Crippen LogP contribution >= 0.6 is 0 Å². The summed E-state index contributed by atoms with van der Waals surface area (Å²) in [6.45, 7) is 6.58. The van der Waals surface area contributed by atoms with Crippen molar-refractivity contribution in [2.24, 2.45) is 0 Å². The molecule has 0 aliphatic rings. The number of rotatable bonds is 2. The molecule has 0 atom stereocenters. The van der Waals surface area contributed by atoms with Crippen LogP contribution in [0.5, 0.6) is 0 Å². The molecule has 0 bridgehead atoms. The van der Waals surface area contributed by atoms with Crippen molar-refractivity contribution in [1.29, 1.82) is 5.26 Å². The van der Waals surface area contributed by atoms with E-state index in [0.29, 0.717) is 11.5 Å². The van der Waals surface area contributed by atoms with Gasteiger partial charge in [0.1, 0.15) is 0 Å². The average Bonchev–Trinajstić information content (AvgIpc) is 2.39. The van der Waals surface area contributed by atoms with E-state index in [1.54, 1.807) is 0 Å². The molecule has 0 radical (unpaired) electrons. The Bertz CT molecular complexity index is 586. The maximum Gasteiger partial charge on any atom is 0.0991 e. The fourth-order valence-electron chi connectivity index (χ4n) is 2.18. The fraction of sp³-hybridized carbons (Fsp3) is 0.235. The smallest absolute Gasteiger partial charge is 0.0991 e. The van der Waals surface area contributed by atoms with E-state index in [0.717, 1.165) is 5.56 Å². The van der Waals surface area contributed by atoms with Gasteiger partial charge in [0, 0.05) is 0 Å². The molecule has 0 amide bonds. The lowest BCUT2D eigenvalue weighted by atomic mass is 9.93. The van der Waals surface area contributed by atoms with E-state index in [-0.39, 0.29) is 0 Å². The zero-order valence-electron chi connectivity index (χ0n) is 11.1. The van der Waals surface area contributed by atoms with E-state index in [2.05, 4.69) is 45.0 Å². The van der Waals surface area contributed by atoms with Gasteiger partial charge in [-0.15, -0.1) is 0 Å². The van der Waals surface area contributed by atoms with Crippen molar-refractivity contribution in [3.63, 3.8) is 0 Å². The molecule has 0 saturated heterocycles. The van der Waals surface area contributed by atoms with E-state index >= 15 is 0 Å². The molecule has 0 spiro atoms. The summed E-state index contributed by atoms with van der Waals surface area (Å²) in [5.74, 6) is 0.531. The van der Waals surface area contributed by atoms with Gasteiger partial charge in [-0.25, -0.2) is 0 Å². The van der Waals surface area contributed by atoms with Gasteiger partial charge in [0.05, 0.1) is 11.6 Å². The minimum atomic E-state index is 0.531. The minimum Gasteiger partial charge on any atom is -0.192 e. The van der Waals surface area contributed by atoms with Gasteiger partial charge in [-0.2, -0.15) is 5.26 Å². The van der Waals surface area contributed by atoms with Crippen LogP contribution in [-0.2, 0) is 0 Å². The molecule has 0 N–H and O–H groups in total. The molecule has 1 nitrogen and oxygen atoms in total.